The number of aromatic hydroxyl groups is 1. The normalized spacial score (nSPS) is 11.1. The fourth-order valence-corrected chi connectivity index (χ4v) is 2.22. The zero-order chi connectivity index (χ0) is 20.0. The summed E-state index contributed by atoms with van der Waals surface area (Å²) in [6, 6.07) is 6.00. The Morgan fingerprint density at radius 2 is 2.07 bits per heavy atom. The molecule has 0 spiro atoms. The Balaban J connectivity index is 2.13. The highest BCUT2D eigenvalue weighted by Crippen LogP contribution is 2.15. The molecule has 0 radical (unpaired) electrons. The van der Waals surface area contributed by atoms with Gasteiger partial charge >= 0.3 is 5.63 Å². The first-order valence-corrected chi connectivity index (χ1v) is 8.24. The van der Waals surface area contributed by atoms with E-state index in [1.54, 1.807) is 18.2 Å². The summed E-state index contributed by atoms with van der Waals surface area (Å²) >= 11 is 0. The summed E-state index contributed by atoms with van der Waals surface area (Å²) in [5.74, 6) is -1.29. The number of allylic oxidation sites excluding steroid dienone is 1. The van der Waals surface area contributed by atoms with Crippen molar-refractivity contribution in [2.45, 2.75) is 6.92 Å². The van der Waals surface area contributed by atoms with E-state index in [2.05, 4.69) is 10.3 Å². The molecular formula is C19H21N3O5. The van der Waals surface area contributed by atoms with Crippen molar-refractivity contribution < 1.29 is 19.1 Å². The molecule has 0 bridgehead atoms. The number of aromatic nitrogens is 1. The summed E-state index contributed by atoms with van der Waals surface area (Å²) in [5.41, 5.74) is -0.792. The van der Waals surface area contributed by atoms with Gasteiger partial charge in [-0.3, -0.25) is 9.59 Å². The van der Waals surface area contributed by atoms with Gasteiger partial charge in [-0.15, -0.1) is 0 Å². The van der Waals surface area contributed by atoms with Crippen LogP contribution in [0.1, 0.15) is 32.3 Å². The van der Waals surface area contributed by atoms with Gasteiger partial charge in [0.1, 0.15) is 22.8 Å². The number of rotatable bonds is 7. The molecule has 0 aromatic carbocycles. The van der Waals surface area contributed by atoms with Crippen LogP contribution in [0.2, 0.25) is 0 Å². The number of pyridine rings is 1. The minimum absolute atomic E-state index is 0.202. The van der Waals surface area contributed by atoms with Gasteiger partial charge in [-0.1, -0.05) is 6.07 Å². The van der Waals surface area contributed by atoms with Gasteiger partial charge in [0.15, 0.2) is 5.78 Å². The number of hydrogen-bond acceptors (Lipinski definition) is 7. The number of ketones is 1. The molecular weight excluding hydrogens is 350 g/mol. The Bertz CT molecular complexity index is 931. The Labute approximate surface area is 156 Å². The highest BCUT2D eigenvalue weighted by atomic mass is 16.4. The van der Waals surface area contributed by atoms with E-state index in [-0.39, 0.29) is 17.4 Å². The van der Waals surface area contributed by atoms with Gasteiger partial charge in [-0.2, -0.15) is 0 Å². The third-order valence-corrected chi connectivity index (χ3v) is 3.55. The number of likely N-dealkylation sites (N-methyl/N-ethyl adjacent to an activating group) is 1. The molecule has 2 aromatic rings. The van der Waals surface area contributed by atoms with Crippen LogP contribution < -0.4 is 10.9 Å². The van der Waals surface area contributed by atoms with E-state index >= 15 is 0 Å². The van der Waals surface area contributed by atoms with Crippen LogP contribution in [0.15, 0.2) is 39.6 Å². The summed E-state index contributed by atoms with van der Waals surface area (Å²) in [5, 5.41) is 12.5. The van der Waals surface area contributed by atoms with Crippen molar-refractivity contribution in [3.8, 4) is 5.75 Å². The molecule has 142 valence electrons. The molecule has 8 nitrogen and oxygen atoms in total. The lowest BCUT2D eigenvalue weighted by atomic mass is 10.1. The number of carbonyl (C=O) groups excluding carboxylic acids is 2. The van der Waals surface area contributed by atoms with Crippen LogP contribution in [0, 0.1) is 6.92 Å². The van der Waals surface area contributed by atoms with Crippen LogP contribution in [0.3, 0.4) is 0 Å². The minimum Gasteiger partial charge on any atom is -0.507 e. The summed E-state index contributed by atoms with van der Waals surface area (Å²) < 4.78 is 4.82. The fraction of sp³-hybridized carbons (Fsp3) is 0.263. The van der Waals surface area contributed by atoms with Gasteiger partial charge in [-0.25, -0.2) is 9.78 Å². The summed E-state index contributed by atoms with van der Waals surface area (Å²) in [6.45, 7) is 2.67. The number of nitrogens with one attached hydrogen (secondary N) is 1. The second-order valence-corrected chi connectivity index (χ2v) is 6.11. The maximum absolute atomic E-state index is 12.2. The Morgan fingerprint density at radius 1 is 1.33 bits per heavy atom. The number of hydrogen-bond donors (Lipinski definition) is 2. The molecule has 27 heavy (non-hydrogen) atoms. The first-order chi connectivity index (χ1) is 12.8. The van der Waals surface area contributed by atoms with Gasteiger partial charge in [0.05, 0.1) is 5.69 Å². The van der Waals surface area contributed by atoms with E-state index in [1.165, 1.54) is 19.1 Å². The maximum atomic E-state index is 12.2. The van der Waals surface area contributed by atoms with Crippen LogP contribution in [-0.2, 0) is 0 Å². The third kappa shape index (κ3) is 5.61. The van der Waals surface area contributed by atoms with Crippen molar-refractivity contribution >= 4 is 17.8 Å². The van der Waals surface area contributed by atoms with E-state index in [0.29, 0.717) is 18.8 Å². The van der Waals surface area contributed by atoms with Crippen molar-refractivity contribution in [1.29, 1.82) is 0 Å². The van der Waals surface area contributed by atoms with Crippen molar-refractivity contribution in [1.82, 2.24) is 15.2 Å². The molecule has 2 N–H and O–H groups in total. The Hall–Kier alpha value is -3.26. The average Bonchev–Trinajstić information content (AvgIpc) is 2.59. The van der Waals surface area contributed by atoms with Gasteiger partial charge in [0.25, 0.3) is 5.91 Å². The van der Waals surface area contributed by atoms with Crippen LogP contribution in [0.25, 0.3) is 6.08 Å². The van der Waals surface area contributed by atoms with Crippen LogP contribution in [-0.4, -0.2) is 53.9 Å². The molecule has 0 aliphatic carbocycles. The smallest absolute Gasteiger partial charge is 0.351 e. The minimum atomic E-state index is -0.913. The average molecular weight is 371 g/mol. The summed E-state index contributed by atoms with van der Waals surface area (Å²) in [6.07, 6.45) is 2.45. The topological polar surface area (TPSA) is 113 Å². The van der Waals surface area contributed by atoms with Crippen molar-refractivity contribution in [2.75, 3.05) is 27.2 Å². The SMILES string of the molecule is Cc1cc(O)c(C(=O)/C=C/c2cccc(C(=O)NCCN(C)C)n2)c(=O)o1. The predicted molar refractivity (Wildman–Crippen MR) is 99.9 cm³/mol. The number of nitrogens with zero attached hydrogens (tertiary/aromatic N) is 2. The van der Waals surface area contributed by atoms with Crippen molar-refractivity contribution in [3.05, 3.63) is 63.5 Å². The van der Waals surface area contributed by atoms with Crippen molar-refractivity contribution in [3.63, 3.8) is 0 Å². The zero-order valence-electron chi connectivity index (χ0n) is 15.4. The van der Waals surface area contributed by atoms with E-state index in [1.807, 2.05) is 19.0 Å². The van der Waals surface area contributed by atoms with Crippen LogP contribution >= 0.6 is 0 Å². The molecule has 0 aliphatic rings. The lowest BCUT2D eigenvalue weighted by Gasteiger charge is -2.10. The largest absolute Gasteiger partial charge is 0.507 e. The Morgan fingerprint density at radius 3 is 2.74 bits per heavy atom. The molecule has 0 fully saturated rings. The molecule has 0 unspecified atom stereocenters. The lowest BCUT2D eigenvalue weighted by Crippen LogP contribution is -2.31. The zero-order valence-corrected chi connectivity index (χ0v) is 15.4. The van der Waals surface area contributed by atoms with Crippen LogP contribution in [0.4, 0.5) is 0 Å². The predicted octanol–water partition coefficient (Wildman–Crippen LogP) is 1.24. The fourth-order valence-electron chi connectivity index (χ4n) is 2.22. The van der Waals surface area contributed by atoms with E-state index in [4.69, 9.17) is 4.42 Å². The van der Waals surface area contributed by atoms with Crippen molar-refractivity contribution in [2.24, 2.45) is 0 Å². The number of aryl methyl sites for hydroxylation is 1. The summed E-state index contributed by atoms with van der Waals surface area (Å²) in [7, 11) is 3.80. The third-order valence-electron chi connectivity index (χ3n) is 3.55. The quantitative estimate of drug-likeness (QED) is 0.556. The monoisotopic (exact) mass is 371 g/mol. The number of carbonyl (C=O) groups is 2. The molecule has 0 atom stereocenters. The van der Waals surface area contributed by atoms with E-state index in [9.17, 15) is 19.5 Å². The lowest BCUT2D eigenvalue weighted by molar-refractivity contribution is 0.0945. The van der Waals surface area contributed by atoms with Gasteiger partial charge in [-0.05, 0) is 45.3 Å². The molecule has 0 saturated heterocycles. The Kier molecular flexibility index (Phi) is 6.62. The highest BCUT2D eigenvalue weighted by molar-refractivity contribution is 6.08. The first kappa shape index (κ1) is 20.1. The standard InChI is InChI=1S/C19H21N3O5/c1-12-11-16(24)17(19(26)27-12)15(23)8-7-13-5-4-6-14(21-13)18(25)20-9-10-22(2)3/h4-8,11,24H,9-10H2,1-3H3,(H,20,25)/b8-7+. The van der Waals surface area contributed by atoms with E-state index in [0.717, 1.165) is 6.08 Å². The molecule has 1 amide bonds. The van der Waals surface area contributed by atoms with Gasteiger partial charge < -0.3 is 19.7 Å². The first-order valence-electron chi connectivity index (χ1n) is 8.24. The second-order valence-electron chi connectivity index (χ2n) is 6.11. The molecule has 0 saturated carbocycles. The van der Waals surface area contributed by atoms with Crippen LogP contribution in [0.5, 0.6) is 5.75 Å². The highest BCUT2D eigenvalue weighted by Gasteiger charge is 2.16. The number of amides is 1. The molecule has 2 aromatic heterocycles. The van der Waals surface area contributed by atoms with Gasteiger partial charge in [0.2, 0.25) is 0 Å². The molecule has 0 aliphatic heterocycles. The molecule has 2 heterocycles. The second kappa shape index (κ2) is 8.91. The van der Waals surface area contributed by atoms with Gasteiger partial charge in [0, 0.05) is 19.2 Å². The molecule has 8 heteroatoms. The summed E-state index contributed by atoms with van der Waals surface area (Å²) in [4.78, 5) is 42.1. The van der Waals surface area contributed by atoms with E-state index < -0.39 is 22.7 Å². The molecule has 2 rings (SSSR count). The maximum Gasteiger partial charge on any atom is 0.351 e.